The van der Waals surface area contributed by atoms with Crippen LogP contribution < -0.4 is 0 Å². The molecule has 0 saturated carbocycles. The molecule has 2 aromatic rings. The second-order valence-electron chi connectivity index (χ2n) is 3.82. The lowest BCUT2D eigenvalue weighted by atomic mass is 10.1. The van der Waals surface area contributed by atoms with Gasteiger partial charge in [-0.25, -0.2) is 4.79 Å². The van der Waals surface area contributed by atoms with Crippen molar-refractivity contribution in [3.63, 3.8) is 0 Å². The molecule has 0 fully saturated rings. The van der Waals surface area contributed by atoms with Crippen molar-refractivity contribution < 1.29 is 9.90 Å². The number of hydrogen-bond donors (Lipinski definition) is 2. The highest BCUT2D eigenvalue weighted by Gasteiger charge is 2.05. The smallest absolute Gasteiger partial charge is 0.336 e. The van der Waals surface area contributed by atoms with E-state index in [1.807, 2.05) is 36.4 Å². The van der Waals surface area contributed by atoms with Gasteiger partial charge in [0.25, 0.3) is 0 Å². The first-order valence-corrected chi connectivity index (χ1v) is 5.91. The Morgan fingerprint density at radius 1 is 1.05 bits per heavy atom. The fourth-order valence-electron chi connectivity index (χ4n) is 1.65. The van der Waals surface area contributed by atoms with Crippen LogP contribution in [0, 0.1) is 0 Å². The highest BCUT2D eigenvalue weighted by Crippen LogP contribution is 2.15. The van der Waals surface area contributed by atoms with Crippen molar-refractivity contribution in [3.8, 4) is 0 Å². The maximum absolute atomic E-state index is 11.0. The van der Waals surface area contributed by atoms with Crippen molar-refractivity contribution in [1.82, 2.24) is 0 Å². The van der Waals surface area contributed by atoms with Crippen molar-refractivity contribution in [1.29, 1.82) is 0 Å². The lowest BCUT2D eigenvalue weighted by Crippen LogP contribution is -1.98. The standard InChI is InChI=1S/C15H12O2S.CH4/c16-15(17)14-7-2-1-5-12(14)9-8-11-4-3-6-13(18)10-11;/h1-10,18H,(H,16,17);1H4. The molecule has 0 amide bonds. The molecule has 0 aliphatic heterocycles. The number of carboxylic acid groups (broad SMARTS) is 1. The van der Waals surface area contributed by atoms with Crippen LogP contribution >= 0.6 is 12.6 Å². The predicted octanol–water partition coefficient (Wildman–Crippen LogP) is 4.48. The number of aromatic carboxylic acids is 1. The summed E-state index contributed by atoms with van der Waals surface area (Å²) in [6, 6.07) is 14.6. The van der Waals surface area contributed by atoms with Crippen molar-refractivity contribution in [2.24, 2.45) is 0 Å². The van der Waals surface area contributed by atoms with E-state index in [4.69, 9.17) is 5.11 Å². The van der Waals surface area contributed by atoms with Gasteiger partial charge in [0.05, 0.1) is 5.56 Å². The van der Waals surface area contributed by atoms with Gasteiger partial charge in [-0.2, -0.15) is 0 Å². The van der Waals surface area contributed by atoms with E-state index in [2.05, 4.69) is 12.6 Å². The largest absolute Gasteiger partial charge is 0.478 e. The Hall–Kier alpha value is -2.00. The summed E-state index contributed by atoms with van der Waals surface area (Å²) in [5, 5.41) is 9.06. The average molecular weight is 272 g/mol. The van der Waals surface area contributed by atoms with Gasteiger partial charge in [-0.1, -0.05) is 49.9 Å². The zero-order valence-corrected chi connectivity index (χ0v) is 10.5. The molecule has 0 bridgehead atoms. The van der Waals surface area contributed by atoms with Crippen LogP contribution in [0.1, 0.15) is 28.9 Å². The molecular formula is C16H16O2S. The summed E-state index contributed by atoms with van der Waals surface area (Å²) in [6.45, 7) is 0. The maximum Gasteiger partial charge on any atom is 0.336 e. The molecule has 0 atom stereocenters. The van der Waals surface area contributed by atoms with Crippen molar-refractivity contribution in [3.05, 3.63) is 65.2 Å². The SMILES string of the molecule is C.O=C(O)c1ccccc1C=Cc1cccc(S)c1. The first-order valence-electron chi connectivity index (χ1n) is 5.46. The maximum atomic E-state index is 11.0. The molecule has 0 aliphatic carbocycles. The van der Waals surface area contributed by atoms with E-state index in [-0.39, 0.29) is 7.43 Å². The van der Waals surface area contributed by atoms with Crippen molar-refractivity contribution in [2.75, 3.05) is 0 Å². The summed E-state index contributed by atoms with van der Waals surface area (Å²) in [6.07, 6.45) is 3.67. The zero-order valence-electron chi connectivity index (χ0n) is 9.58. The highest BCUT2D eigenvalue weighted by molar-refractivity contribution is 7.80. The van der Waals surface area contributed by atoms with Gasteiger partial charge in [0.1, 0.15) is 0 Å². The van der Waals surface area contributed by atoms with E-state index in [9.17, 15) is 4.79 Å². The third-order valence-electron chi connectivity index (χ3n) is 2.52. The van der Waals surface area contributed by atoms with Gasteiger partial charge in [0, 0.05) is 4.90 Å². The van der Waals surface area contributed by atoms with Crippen LogP contribution in [0.15, 0.2) is 53.4 Å². The Bertz CT molecular complexity index is 603. The van der Waals surface area contributed by atoms with E-state index in [1.165, 1.54) is 0 Å². The number of carbonyl (C=O) groups is 1. The fraction of sp³-hybridized carbons (Fsp3) is 0.0625. The van der Waals surface area contributed by atoms with E-state index >= 15 is 0 Å². The molecule has 0 aromatic heterocycles. The molecule has 2 nitrogen and oxygen atoms in total. The molecule has 2 aromatic carbocycles. The first-order chi connectivity index (χ1) is 8.66. The number of thiol groups is 1. The monoisotopic (exact) mass is 272 g/mol. The van der Waals surface area contributed by atoms with Crippen LogP contribution in [0.5, 0.6) is 0 Å². The van der Waals surface area contributed by atoms with Crippen molar-refractivity contribution in [2.45, 2.75) is 12.3 Å². The quantitative estimate of drug-likeness (QED) is 0.638. The van der Waals surface area contributed by atoms with E-state index in [0.29, 0.717) is 11.1 Å². The number of rotatable bonds is 3. The van der Waals surface area contributed by atoms with Crippen molar-refractivity contribution >= 4 is 30.8 Å². The molecule has 0 saturated heterocycles. The molecule has 0 radical (unpaired) electrons. The summed E-state index contributed by atoms with van der Waals surface area (Å²) in [4.78, 5) is 11.9. The molecule has 0 spiro atoms. The fourth-order valence-corrected chi connectivity index (χ4v) is 1.89. The molecule has 0 heterocycles. The molecule has 0 aliphatic rings. The minimum absolute atomic E-state index is 0. The normalized spacial score (nSPS) is 10.2. The third-order valence-corrected chi connectivity index (χ3v) is 2.79. The van der Waals surface area contributed by atoms with E-state index in [0.717, 1.165) is 10.5 Å². The van der Waals surface area contributed by atoms with Crippen LogP contribution in [0.4, 0.5) is 0 Å². The molecule has 1 N–H and O–H groups in total. The van der Waals surface area contributed by atoms with Gasteiger partial charge in [0.2, 0.25) is 0 Å². The lowest BCUT2D eigenvalue weighted by Gasteiger charge is -2.00. The predicted molar refractivity (Wildman–Crippen MR) is 82.8 cm³/mol. The molecule has 3 heteroatoms. The Morgan fingerprint density at radius 2 is 1.79 bits per heavy atom. The number of benzene rings is 2. The summed E-state index contributed by atoms with van der Waals surface area (Å²) < 4.78 is 0. The highest BCUT2D eigenvalue weighted by atomic mass is 32.1. The Balaban J connectivity index is 0.00000180. The van der Waals surface area contributed by atoms with Gasteiger partial charge in [0.15, 0.2) is 0 Å². The van der Waals surface area contributed by atoms with Crippen LogP contribution in [0.3, 0.4) is 0 Å². The minimum atomic E-state index is -0.918. The molecular weight excluding hydrogens is 256 g/mol. The summed E-state index contributed by atoms with van der Waals surface area (Å²) >= 11 is 4.26. The van der Waals surface area contributed by atoms with Crippen LogP contribution in [0.2, 0.25) is 0 Å². The number of hydrogen-bond acceptors (Lipinski definition) is 2. The minimum Gasteiger partial charge on any atom is -0.478 e. The van der Waals surface area contributed by atoms with Crippen LogP contribution in [-0.4, -0.2) is 11.1 Å². The van der Waals surface area contributed by atoms with Crippen LogP contribution in [0.25, 0.3) is 12.2 Å². The third kappa shape index (κ3) is 4.00. The summed E-state index contributed by atoms with van der Waals surface area (Å²) in [5.74, 6) is -0.918. The Kier molecular flexibility index (Phi) is 5.39. The summed E-state index contributed by atoms with van der Waals surface area (Å²) in [5.41, 5.74) is 1.98. The van der Waals surface area contributed by atoms with E-state index in [1.54, 1.807) is 24.3 Å². The van der Waals surface area contributed by atoms with E-state index < -0.39 is 5.97 Å². The van der Waals surface area contributed by atoms with Gasteiger partial charge in [-0.05, 0) is 29.3 Å². The van der Waals surface area contributed by atoms with Gasteiger partial charge < -0.3 is 5.11 Å². The zero-order chi connectivity index (χ0) is 13.0. The second-order valence-corrected chi connectivity index (χ2v) is 4.34. The van der Waals surface area contributed by atoms with Gasteiger partial charge in [-0.15, -0.1) is 12.6 Å². The topological polar surface area (TPSA) is 37.3 Å². The van der Waals surface area contributed by atoms with Crippen LogP contribution in [-0.2, 0) is 0 Å². The molecule has 2 rings (SSSR count). The Labute approximate surface area is 118 Å². The van der Waals surface area contributed by atoms with Gasteiger partial charge in [-0.3, -0.25) is 0 Å². The van der Waals surface area contributed by atoms with Gasteiger partial charge >= 0.3 is 5.97 Å². The second kappa shape index (κ2) is 6.81. The molecule has 0 unspecified atom stereocenters. The Morgan fingerprint density at radius 3 is 2.47 bits per heavy atom. The first kappa shape index (κ1) is 15.1. The number of carboxylic acids is 1. The molecule has 19 heavy (non-hydrogen) atoms. The summed E-state index contributed by atoms with van der Waals surface area (Å²) in [7, 11) is 0. The average Bonchev–Trinajstić information content (AvgIpc) is 2.37. The lowest BCUT2D eigenvalue weighted by molar-refractivity contribution is 0.0696. The molecule has 98 valence electrons.